The van der Waals surface area contributed by atoms with E-state index >= 15 is 0 Å². The Morgan fingerprint density at radius 2 is 2.00 bits per heavy atom. The van der Waals surface area contributed by atoms with Crippen molar-refractivity contribution in [3.63, 3.8) is 0 Å². The van der Waals surface area contributed by atoms with Gasteiger partial charge in [-0.1, -0.05) is 42.2 Å². The van der Waals surface area contributed by atoms with Crippen LogP contribution in [0.25, 0.3) is 0 Å². The van der Waals surface area contributed by atoms with E-state index < -0.39 is 0 Å². The van der Waals surface area contributed by atoms with Crippen LogP contribution in [0.2, 0.25) is 0 Å². The van der Waals surface area contributed by atoms with E-state index in [0.717, 1.165) is 4.90 Å². The third-order valence-corrected chi connectivity index (χ3v) is 2.25. The number of benzene rings is 1. The van der Waals surface area contributed by atoms with Crippen LogP contribution in [0.5, 0.6) is 0 Å². The largest absolute Gasteiger partial charge is 0.309 e. The number of hydrazine groups is 1. The van der Waals surface area contributed by atoms with Gasteiger partial charge in [-0.15, -0.1) is 0 Å². The van der Waals surface area contributed by atoms with E-state index in [0.29, 0.717) is 4.32 Å². The summed E-state index contributed by atoms with van der Waals surface area (Å²) in [7, 11) is 0. The van der Waals surface area contributed by atoms with Gasteiger partial charge < -0.3 is 5.43 Å². The zero-order chi connectivity index (χ0) is 8.10. The highest BCUT2D eigenvalue weighted by molar-refractivity contribution is 8.23. The van der Waals surface area contributed by atoms with Crippen molar-refractivity contribution in [2.45, 2.75) is 4.90 Å². The number of nitrogens with two attached hydrogens (primary N) is 1. The molecule has 1 aromatic rings. The molecule has 0 amide bonds. The van der Waals surface area contributed by atoms with Crippen LogP contribution in [0.1, 0.15) is 0 Å². The highest BCUT2D eigenvalue weighted by Crippen LogP contribution is 2.16. The van der Waals surface area contributed by atoms with E-state index in [9.17, 15) is 0 Å². The summed E-state index contributed by atoms with van der Waals surface area (Å²) < 4.78 is 0.580. The third-order valence-electron chi connectivity index (χ3n) is 1.07. The van der Waals surface area contributed by atoms with Crippen LogP contribution in [0.4, 0.5) is 0 Å². The fourth-order valence-electron chi connectivity index (χ4n) is 0.625. The van der Waals surface area contributed by atoms with Crippen molar-refractivity contribution < 1.29 is 0 Å². The molecule has 0 aliphatic rings. The lowest BCUT2D eigenvalue weighted by molar-refractivity contribution is 1.07. The van der Waals surface area contributed by atoms with Crippen LogP contribution in [-0.4, -0.2) is 4.32 Å². The molecule has 0 bridgehead atoms. The molecule has 4 heteroatoms. The summed E-state index contributed by atoms with van der Waals surface area (Å²) >= 11 is 6.30. The van der Waals surface area contributed by atoms with Gasteiger partial charge in [0.1, 0.15) is 0 Å². The molecule has 1 aromatic carbocycles. The average molecular weight is 184 g/mol. The van der Waals surface area contributed by atoms with Crippen molar-refractivity contribution in [2.75, 3.05) is 0 Å². The topological polar surface area (TPSA) is 38.0 Å². The summed E-state index contributed by atoms with van der Waals surface area (Å²) in [6.07, 6.45) is 0. The predicted octanol–water partition coefficient (Wildman–Crippen LogP) is 1.53. The Hall–Kier alpha value is -0.580. The molecule has 3 N–H and O–H groups in total. The minimum atomic E-state index is 0.580. The Balaban J connectivity index is 2.58. The average Bonchev–Trinajstić information content (AvgIpc) is 2.06. The molecular weight excluding hydrogens is 176 g/mol. The van der Waals surface area contributed by atoms with Gasteiger partial charge in [0.05, 0.1) is 0 Å². The number of rotatable bonds is 1. The molecule has 0 unspecified atom stereocenters. The van der Waals surface area contributed by atoms with Crippen LogP contribution in [0, 0.1) is 0 Å². The van der Waals surface area contributed by atoms with Crippen molar-refractivity contribution in [3.05, 3.63) is 30.3 Å². The first kappa shape index (κ1) is 8.52. The van der Waals surface area contributed by atoms with Gasteiger partial charge in [0.2, 0.25) is 0 Å². The summed E-state index contributed by atoms with van der Waals surface area (Å²) in [5, 5.41) is 0. The first-order chi connectivity index (χ1) is 5.33. The molecule has 1 rings (SSSR count). The van der Waals surface area contributed by atoms with E-state index in [1.165, 1.54) is 11.8 Å². The first-order valence-corrected chi connectivity index (χ1v) is 4.29. The van der Waals surface area contributed by atoms with Gasteiger partial charge in [-0.2, -0.15) is 0 Å². The molecular formula is C7H8N2S2. The third kappa shape index (κ3) is 2.88. The maximum Gasteiger partial charge on any atom is 0.152 e. The molecule has 0 fully saturated rings. The fraction of sp³-hybridized carbons (Fsp3) is 0. The number of thiocarbonyl (C=S) groups is 1. The summed E-state index contributed by atoms with van der Waals surface area (Å²) in [4.78, 5) is 1.09. The maximum atomic E-state index is 5.11. The summed E-state index contributed by atoms with van der Waals surface area (Å²) in [5.74, 6) is 5.11. The molecule has 0 heterocycles. The highest BCUT2D eigenvalue weighted by atomic mass is 32.2. The molecule has 0 saturated carbocycles. The Morgan fingerprint density at radius 3 is 2.55 bits per heavy atom. The van der Waals surface area contributed by atoms with Gasteiger partial charge in [0.25, 0.3) is 0 Å². The van der Waals surface area contributed by atoms with Crippen LogP contribution in [0.3, 0.4) is 0 Å². The van der Waals surface area contributed by atoms with E-state index in [1.807, 2.05) is 30.3 Å². The quantitative estimate of drug-likeness (QED) is 0.300. The van der Waals surface area contributed by atoms with Gasteiger partial charge in [-0.3, -0.25) is 0 Å². The second-order valence-corrected chi connectivity index (χ2v) is 3.60. The molecule has 0 aliphatic heterocycles. The zero-order valence-corrected chi connectivity index (χ0v) is 7.41. The Kier molecular flexibility index (Phi) is 3.35. The van der Waals surface area contributed by atoms with E-state index in [1.54, 1.807) is 0 Å². The van der Waals surface area contributed by atoms with Crippen molar-refractivity contribution >= 4 is 28.3 Å². The van der Waals surface area contributed by atoms with Gasteiger partial charge in [-0.25, -0.2) is 5.84 Å². The summed E-state index contributed by atoms with van der Waals surface area (Å²) in [6, 6.07) is 9.84. The maximum absolute atomic E-state index is 5.11. The molecule has 0 spiro atoms. The Labute approximate surface area is 75.1 Å². The number of hydrogen-bond acceptors (Lipinski definition) is 3. The van der Waals surface area contributed by atoms with Crippen LogP contribution in [-0.2, 0) is 0 Å². The molecule has 58 valence electrons. The SMILES string of the molecule is NNC(=S)Sc1ccccc1. The Morgan fingerprint density at radius 1 is 1.36 bits per heavy atom. The predicted molar refractivity (Wildman–Crippen MR) is 52.2 cm³/mol. The van der Waals surface area contributed by atoms with E-state index in [4.69, 9.17) is 18.1 Å². The Bertz CT molecular complexity index is 235. The second-order valence-electron chi connectivity index (χ2n) is 1.85. The minimum Gasteiger partial charge on any atom is -0.309 e. The van der Waals surface area contributed by atoms with Crippen molar-refractivity contribution in [3.8, 4) is 0 Å². The first-order valence-electron chi connectivity index (χ1n) is 3.06. The van der Waals surface area contributed by atoms with E-state index in [-0.39, 0.29) is 0 Å². The molecule has 0 atom stereocenters. The lowest BCUT2D eigenvalue weighted by atomic mass is 10.4. The standard InChI is InChI=1S/C7H8N2S2/c8-9-7(10)11-6-4-2-1-3-5-6/h1-5H,8H2,(H,9,10). The van der Waals surface area contributed by atoms with E-state index in [2.05, 4.69) is 5.43 Å². The van der Waals surface area contributed by atoms with Crippen LogP contribution < -0.4 is 11.3 Å². The summed E-state index contributed by atoms with van der Waals surface area (Å²) in [6.45, 7) is 0. The zero-order valence-electron chi connectivity index (χ0n) is 5.78. The normalized spacial score (nSPS) is 9.18. The molecule has 2 nitrogen and oxygen atoms in total. The molecule has 0 saturated heterocycles. The molecule has 11 heavy (non-hydrogen) atoms. The van der Waals surface area contributed by atoms with Crippen LogP contribution >= 0.6 is 24.0 Å². The number of nitrogens with one attached hydrogen (secondary N) is 1. The highest BCUT2D eigenvalue weighted by Gasteiger charge is 1.94. The molecule has 0 radical (unpaired) electrons. The fourth-order valence-corrected chi connectivity index (χ4v) is 1.48. The summed E-state index contributed by atoms with van der Waals surface area (Å²) in [5.41, 5.74) is 2.41. The lowest BCUT2D eigenvalue weighted by Gasteiger charge is -2.00. The van der Waals surface area contributed by atoms with Gasteiger partial charge >= 0.3 is 0 Å². The lowest BCUT2D eigenvalue weighted by Crippen LogP contribution is -2.25. The van der Waals surface area contributed by atoms with Crippen molar-refractivity contribution in [1.29, 1.82) is 0 Å². The monoisotopic (exact) mass is 184 g/mol. The minimum absolute atomic E-state index is 0.580. The second kappa shape index (κ2) is 4.33. The smallest absolute Gasteiger partial charge is 0.152 e. The number of thioether (sulfide) groups is 1. The number of hydrogen-bond donors (Lipinski definition) is 2. The van der Waals surface area contributed by atoms with Gasteiger partial charge in [-0.05, 0) is 12.1 Å². The van der Waals surface area contributed by atoms with Crippen LogP contribution in [0.15, 0.2) is 35.2 Å². The van der Waals surface area contributed by atoms with Crippen molar-refractivity contribution in [2.24, 2.45) is 5.84 Å². The molecule has 0 aromatic heterocycles. The van der Waals surface area contributed by atoms with Gasteiger partial charge in [0, 0.05) is 4.90 Å². The van der Waals surface area contributed by atoms with Crippen molar-refractivity contribution in [1.82, 2.24) is 5.43 Å². The molecule has 0 aliphatic carbocycles. The van der Waals surface area contributed by atoms with Gasteiger partial charge in [0.15, 0.2) is 4.32 Å².